The molecule has 0 saturated carbocycles. The quantitative estimate of drug-likeness (QED) is 0.668. The van der Waals surface area contributed by atoms with Crippen LogP contribution in [0.25, 0.3) is 27.9 Å². The highest BCUT2D eigenvalue weighted by atomic mass is 16.6. The Morgan fingerprint density at radius 2 is 2.14 bits per heavy atom. The molecule has 1 aliphatic heterocycles. The van der Waals surface area contributed by atoms with Gasteiger partial charge in [-0.2, -0.15) is 0 Å². The van der Waals surface area contributed by atoms with Crippen molar-refractivity contribution in [3.63, 3.8) is 0 Å². The van der Waals surface area contributed by atoms with Crippen molar-refractivity contribution in [3.05, 3.63) is 48.0 Å². The summed E-state index contributed by atoms with van der Waals surface area (Å²) in [5, 5.41) is 1.13. The van der Waals surface area contributed by atoms with Gasteiger partial charge in [0.25, 0.3) is 0 Å². The third kappa shape index (κ3) is 3.67. The third-order valence-electron chi connectivity index (χ3n) is 4.75. The van der Waals surface area contributed by atoms with E-state index in [4.69, 9.17) is 9.15 Å². The summed E-state index contributed by atoms with van der Waals surface area (Å²) in [7, 11) is 0. The van der Waals surface area contributed by atoms with Gasteiger partial charge in [0.15, 0.2) is 0 Å². The molecule has 1 aromatic carbocycles. The molecule has 0 aliphatic carbocycles. The Hall–Kier alpha value is -3.02. The molecule has 1 amide bonds. The zero-order valence-corrected chi connectivity index (χ0v) is 16.7. The Labute approximate surface area is 164 Å². The van der Waals surface area contributed by atoms with Gasteiger partial charge in [-0.15, -0.1) is 0 Å². The lowest BCUT2D eigenvalue weighted by Gasteiger charge is -2.29. The molecular weight excluding hydrogens is 354 g/mol. The second kappa shape index (κ2) is 6.86. The van der Waals surface area contributed by atoms with E-state index in [0.717, 1.165) is 34.1 Å². The predicted octanol–water partition coefficient (Wildman–Crippen LogP) is 5.16. The second-order valence-electron chi connectivity index (χ2n) is 8.16. The summed E-state index contributed by atoms with van der Waals surface area (Å²) in [6.07, 6.45) is 6.33. The SMILES string of the molecule is Cc1coc(-c2ccc3[nH]cc(C4=CCN(C(=O)OC(C)(C)C)CC4)c3c2)n1. The number of hydrogen-bond acceptors (Lipinski definition) is 4. The number of H-pyrrole nitrogens is 1. The molecule has 0 unspecified atom stereocenters. The first-order valence-electron chi connectivity index (χ1n) is 9.51. The number of nitrogens with zero attached hydrogens (tertiary/aromatic N) is 2. The lowest BCUT2D eigenvalue weighted by molar-refractivity contribution is 0.0270. The van der Waals surface area contributed by atoms with Crippen LogP contribution in [-0.4, -0.2) is 39.7 Å². The van der Waals surface area contributed by atoms with Crippen molar-refractivity contribution in [1.29, 1.82) is 0 Å². The van der Waals surface area contributed by atoms with Gasteiger partial charge in [0.1, 0.15) is 11.9 Å². The van der Waals surface area contributed by atoms with Crippen molar-refractivity contribution in [3.8, 4) is 11.5 Å². The monoisotopic (exact) mass is 379 g/mol. The van der Waals surface area contributed by atoms with Crippen LogP contribution in [-0.2, 0) is 4.74 Å². The fourth-order valence-corrected chi connectivity index (χ4v) is 3.41. The minimum Gasteiger partial charge on any atom is -0.444 e. The van der Waals surface area contributed by atoms with E-state index in [0.29, 0.717) is 19.0 Å². The Morgan fingerprint density at radius 1 is 1.32 bits per heavy atom. The fraction of sp³-hybridized carbons (Fsp3) is 0.364. The van der Waals surface area contributed by atoms with Crippen LogP contribution in [0.2, 0.25) is 0 Å². The molecule has 4 rings (SSSR count). The number of oxazole rings is 1. The first-order valence-corrected chi connectivity index (χ1v) is 9.51. The maximum atomic E-state index is 12.3. The van der Waals surface area contributed by atoms with Crippen LogP contribution in [0.1, 0.15) is 38.4 Å². The van der Waals surface area contributed by atoms with Crippen molar-refractivity contribution in [2.24, 2.45) is 0 Å². The molecule has 0 saturated heterocycles. The zero-order valence-electron chi connectivity index (χ0n) is 16.7. The number of carbonyl (C=O) groups is 1. The smallest absolute Gasteiger partial charge is 0.410 e. The Bertz CT molecular complexity index is 1050. The van der Waals surface area contributed by atoms with Gasteiger partial charge < -0.3 is 19.0 Å². The highest BCUT2D eigenvalue weighted by Crippen LogP contribution is 2.32. The number of hydrogen-bond donors (Lipinski definition) is 1. The van der Waals surface area contributed by atoms with E-state index in [9.17, 15) is 4.79 Å². The number of nitrogens with one attached hydrogen (secondary N) is 1. The van der Waals surface area contributed by atoms with E-state index in [1.54, 1.807) is 11.2 Å². The van der Waals surface area contributed by atoms with Gasteiger partial charge in [0.2, 0.25) is 5.89 Å². The number of rotatable bonds is 2. The first kappa shape index (κ1) is 18.3. The van der Waals surface area contributed by atoms with E-state index in [2.05, 4.69) is 22.1 Å². The highest BCUT2D eigenvalue weighted by molar-refractivity contribution is 5.95. The zero-order chi connectivity index (χ0) is 19.9. The van der Waals surface area contributed by atoms with E-state index < -0.39 is 5.60 Å². The molecule has 3 heterocycles. The van der Waals surface area contributed by atoms with E-state index >= 15 is 0 Å². The molecule has 2 aromatic heterocycles. The second-order valence-corrected chi connectivity index (χ2v) is 8.16. The summed E-state index contributed by atoms with van der Waals surface area (Å²) < 4.78 is 11.0. The van der Waals surface area contributed by atoms with E-state index in [1.165, 1.54) is 5.57 Å². The Kier molecular flexibility index (Phi) is 4.49. The van der Waals surface area contributed by atoms with Crippen molar-refractivity contribution < 1.29 is 13.9 Å². The molecule has 0 radical (unpaired) electrons. The van der Waals surface area contributed by atoms with Crippen LogP contribution in [0.3, 0.4) is 0 Å². The van der Waals surface area contributed by atoms with Gasteiger partial charge in [-0.3, -0.25) is 0 Å². The molecular formula is C22H25N3O3. The van der Waals surface area contributed by atoms with E-state index in [1.807, 2.05) is 46.0 Å². The van der Waals surface area contributed by atoms with Crippen LogP contribution >= 0.6 is 0 Å². The standard InChI is InChI=1S/C22H25N3O3/c1-14-13-27-20(24-14)16-5-6-19-17(11-16)18(12-23-19)15-7-9-25(10-8-15)21(26)28-22(2,3)4/h5-7,11-13,23H,8-10H2,1-4H3. The Morgan fingerprint density at radius 3 is 2.79 bits per heavy atom. The van der Waals surface area contributed by atoms with Gasteiger partial charge >= 0.3 is 6.09 Å². The number of aromatic nitrogens is 2. The largest absolute Gasteiger partial charge is 0.444 e. The topological polar surface area (TPSA) is 71.4 Å². The minimum atomic E-state index is -0.480. The molecule has 0 spiro atoms. The Balaban J connectivity index is 1.59. The number of ether oxygens (including phenoxy) is 1. The number of amides is 1. The van der Waals surface area contributed by atoms with Crippen molar-refractivity contribution in [1.82, 2.24) is 14.9 Å². The molecule has 0 bridgehead atoms. The van der Waals surface area contributed by atoms with Crippen LogP contribution in [0.4, 0.5) is 4.79 Å². The van der Waals surface area contributed by atoms with Crippen LogP contribution in [0.15, 0.2) is 41.2 Å². The highest BCUT2D eigenvalue weighted by Gasteiger charge is 2.24. The van der Waals surface area contributed by atoms with Crippen molar-refractivity contribution in [2.75, 3.05) is 13.1 Å². The molecule has 6 nitrogen and oxygen atoms in total. The maximum Gasteiger partial charge on any atom is 0.410 e. The summed E-state index contributed by atoms with van der Waals surface area (Å²) in [5.41, 5.74) is 4.79. The lowest BCUT2D eigenvalue weighted by Crippen LogP contribution is -2.39. The summed E-state index contributed by atoms with van der Waals surface area (Å²) in [4.78, 5) is 21.8. The number of fused-ring (bicyclic) bond motifs is 1. The molecule has 0 fully saturated rings. The first-order chi connectivity index (χ1) is 13.3. The van der Waals surface area contributed by atoms with Crippen molar-refractivity contribution in [2.45, 2.75) is 39.7 Å². The van der Waals surface area contributed by atoms with Gasteiger partial charge in [-0.05, 0) is 57.9 Å². The average Bonchev–Trinajstić information content (AvgIpc) is 3.26. The van der Waals surface area contributed by atoms with Gasteiger partial charge in [-0.25, -0.2) is 9.78 Å². The summed E-state index contributed by atoms with van der Waals surface area (Å²) >= 11 is 0. The molecule has 6 heteroatoms. The average molecular weight is 379 g/mol. The summed E-state index contributed by atoms with van der Waals surface area (Å²) in [6, 6.07) is 6.16. The lowest BCUT2D eigenvalue weighted by atomic mass is 9.98. The summed E-state index contributed by atoms with van der Waals surface area (Å²) in [6.45, 7) is 8.76. The van der Waals surface area contributed by atoms with Gasteiger partial charge in [0, 0.05) is 41.3 Å². The molecule has 0 atom stereocenters. The molecule has 146 valence electrons. The number of benzene rings is 1. The molecule has 1 N–H and O–H groups in total. The molecule has 28 heavy (non-hydrogen) atoms. The third-order valence-corrected chi connectivity index (χ3v) is 4.75. The summed E-state index contributed by atoms with van der Waals surface area (Å²) in [5.74, 6) is 0.625. The van der Waals surface area contributed by atoms with Crippen molar-refractivity contribution >= 4 is 22.6 Å². The normalized spacial score (nSPS) is 15.0. The maximum absolute atomic E-state index is 12.3. The minimum absolute atomic E-state index is 0.261. The molecule has 3 aromatic rings. The number of aromatic amines is 1. The number of aryl methyl sites for hydroxylation is 1. The van der Waals surface area contributed by atoms with Crippen LogP contribution in [0, 0.1) is 6.92 Å². The fourth-order valence-electron chi connectivity index (χ4n) is 3.41. The van der Waals surface area contributed by atoms with Crippen LogP contribution < -0.4 is 0 Å². The van der Waals surface area contributed by atoms with E-state index in [-0.39, 0.29) is 6.09 Å². The molecule has 1 aliphatic rings. The van der Waals surface area contributed by atoms with Crippen LogP contribution in [0.5, 0.6) is 0 Å². The predicted molar refractivity (Wildman–Crippen MR) is 109 cm³/mol. The number of carbonyl (C=O) groups excluding carboxylic acids is 1. The van der Waals surface area contributed by atoms with Gasteiger partial charge in [-0.1, -0.05) is 6.08 Å². The van der Waals surface area contributed by atoms with Gasteiger partial charge in [0.05, 0.1) is 5.69 Å².